The molecule has 2 aromatic carbocycles. The molecule has 0 aliphatic heterocycles. The molecule has 2 N–H and O–H groups in total. The van der Waals surface area contributed by atoms with Gasteiger partial charge in [-0.1, -0.05) is 13.8 Å². The second-order valence-electron chi connectivity index (χ2n) is 6.08. The molecule has 2 aromatic rings. The summed E-state index contributed by atoms with van der Waals surface area (Å²) in [6, 6.07) is 7.01. The van der Waals surface area contributed by atoms with Crippen molar-refractivity contribution in [3.8, 4) is 34.5 Å². The van der Waals surface area contributed by atoms with Crippen molar-refractivity contribution >= 4 is 0 Å². The molecule has 0 spiro atoms. The SMILES string of the molecule is COc1cc(C(C)(C)c2cc(OC)c(O)c(OC)c2)cc(OC)c1O. The highest BCUT2D eigenvalue weighted by Crippen LogP contribution is 2.46. The monoisotopic (exact) mass is 348 g/mol. The lowest BCUT2D eigenvalue weighted by Gasteiger charge is -2.28. The molecule has 0 saturated heterocycles. The first-order chi connectivity index (χ1) is 11.8. The summed E-state index contributed by atoms with van der Waals surface area (Å²) in [5.74, 6) is 1.18. The number of phenolic OH excluding ortho intramolecular Hbond substituents is 2. The molecule has 0 aliphatic carbocycles. The Kier molecular flexibility index (Phi) is 5.21. The summed E-state index contributed by atoms with van der Waals surface area (Å²) in [4.78, 5) is 0. The maximum Gasteiger partial charge on any atom is 0.200 e. The Morgan fingerprint density at radius 1 is 0.600 bits per heavy atom. The Hall–Kier alpha value is -2.76. The summed E-state index contributed by atoms with van der Waals surface area (Å²) in [6.45, 7) is 4.01. The van der Waals surface area contributed by atoms with Crippen molar-refractivity contribution in [2.24, 2.45) is 0 Å². The van der Waals surface area contributed by atoms with Crippen molar-refractivity contribution in [2.75, 3.05) is 28.4 Å². The normalized spacial score (nSPS) is 11.1. The molecule has 2 rings (SSSR count). The van der Waals surface area contributed by atoms with Crippen LogP contribution in [0.3, 0.4) is 0 Å². The maximum atomic E-state index is 10.1. The Labute approximate surface area is 147 Å². The van der Waals surface area contributed by atoms with E-state index in [0.717, 1.165) is 11.1 Å². The second kappa shape index (κ2) is 7.01. The largest absolute Gasteiger partial charge is 0.502 e. The summed E-state index contributed by atoms with van der Waals surface area (Å²) < 4.78 is 21.0. The number of ether oxygens (including phenoxy) is 4. The number of hydrogen-bond donors (Lipinski definition) is 2. The number of benzene rings is 2. The van der Waals surface area contributed by atoms with Gasteiger partial charge in [0.15, 0.2) is 23.0 Å². The van der Waals surface area contributed by atoms with Crippen LogP contribution in [-0.2, 0) is 5.41 Å². The van der Waals surface area contributed by atoms with E-state index in [4.69, 9.17) is 18.9 Å². The fourth-order valence-corrected chi connectivity index (χ4v) is 2.68. The van der Waals surface area contributed by atoms with E-state index >= 15 is 0 Å². The lowest BCUT2D eigenvalue weighted by Crippen LogP contribution is -2.19. The molecule has 0 fully saturated rings. The molecule has 0 bridgehead atoms. The predicted molar refractivity (Wildman–Crippen MR) is 94.5 cm³/mol. The van der Waals surface area contributed by atoms with E-state index in [1.54, 1.807) is 24.3 Å². The van der Waals surface area contributed by atoms with Gasteiger partial charge in [0.1, 0.15) is 0 Å². The van der Waals surface area contributed by atoms with Gasteiger partial charge in [-0.25, -0.2) is 0 Å². The highest BCUT2D eigenvalue weighted by Gasteiger charge is 2.28. The van der Waals surface area contributed by atoms with Gasteiger partial charge in [0, 0.05) is 5.41 Å². The van der Waals surface area contributed by atoms with Crippen molar-refractivity contribution in [2.45, 2.75) is 19.3 Å². The summed E-state index contributed by atoms with van der Waals surface area (Å²) in [7, 11) is 5.94. The molecule has 0 amide bonds. The Balaban J connectivity index is 2.66. The van der Waals surface area contributed by atoms with E-state index in [1.165, 1.54) is 28.4 Å². The van der Waals surface area contributed by atoms with Crippen molar-refractivity contribution in [3.63, 3.8) is 0 Å². The van der Waals surface area contributed by atoms with E-state index in [0.29, 0.717) is 23.0 Å². The van der Waals surface area contributed by atoms with Crippen LogP contribution >= 0.6 is 0 Å². The average molecular weight is 348 g/mol. The van der Waals surface area contributed by atoms with Crippen LogP contribution in [-0.4, -0.2) is 38.7 Å². The number of hydrogen-bond acceptors (Lipinski definition) is 6. The first-order valence-electron chi connectivity index (χ1n) is 7.71. The van der Waals surface area contributed by atoms with Crippen LogP contribution in [0.15, 0.2) is 24.3 Å². The predicted octanol–water partition coefficient (Wildman–Crippen LogP) is 3.46. The standard InChI is InChI=1S/C19H24O6/c1-19(2,11-7-13(22-3)17(20)14(8-11)23-4)12-9-15(24-5)18(21)16(10-12)25-6/h7-10,20-21H,1-6H3. The topological polar surface area (TPSA) is 77.4 Å². The van der Waals surface area contributed by atoms with Crippen LogP contribution in [0.2, 0.25) is 0 Å². The van der Waals surface area contributed by atoms with E-state index < -0.39 is 5.41 Å². The van der Waals surface area contributed by atoms with Crippen molar-refractivity contribution < 1.29 is 29.2 Å². The maximum absolute atomic E-state index is 10.1. The van der Waals surface area contributed by atoms with Gasteiger partial charge >= 0.3 is 0 Å². The quantitative estimate of drug-likeness (QED) is 0.832. The van der Waals surface area contributed by atoms with Crippen LogP contribution < -0.4 is 18.9 Å². The lowest BCUT2D eigenvalue weighted by molar-refractivity contribution is 0.336. The highest BCUT2D eigenvalue weighted by molar-refractivity contribution is 5.59. The van der Waals surface area contributed by atoms with Crippen LogP contribution in [0.25, 0.3) is 0 Å². The molecule has 0 radical (unpaired) electrons. The van der Waals surface area contributed by atoms with Gasteiger partial charge in [-0.15, -0.1) is 0 Å². The number of phenols is 2. The van der Waals surface area contributed by atoms with Gasteiger partial charge in [0.25, 0.3) is 0 Å². The van der Waals surface area contributed by atoms with Crippen molar-refractivity contribution in [1.29, 1.82) is 0 Å². The summed E-state index contributed by atoms with van der Waals surface area (Å²) in [5, 5.41) is 20.3. The molecule has 0 aromatic heterocycles. The minimum absolute atomic E-state index is 0.0505. The molecule has 25 heavy (non-hydrogen) atoms. The Morgan fingerprint density at radius 3 is 1.04 bits per heavy atom. The second-order valence-corrected chi connectivity index (χ2v) is 6.08. The van der Waals surface area contributed by atoms with E-state index in [1.807, 2.05) is 13.8 Å². The van der Waals surface area contributed by atoms with Gasteiger partial charge in [0.2, 0.25) is 11.5 Å². The lowest BCUT2D eigenvalue weighted by atomic mass is 9.77. The van der Waals surface area contributed by atoms with Gasteiger partial charge in [-0.3, -0.25) is 0 Å². The third-order valence-electron chi connectivity index (χ3n) is 4.40. The van der Waals surface area contributed by atoms with Crippen LogP contribution in [0, 0.1) is 0 Å². The molecule has 6 nitrogen and oxygen atoms in total. The summed E-state index contributed by atoms with van der Waals surface area (Å²) in [5.41, 5.74) is 1.20. The molecule has 0 atom stereocenters. The number of rotatable bonds is 6. The van der Waals surface area contributed by atoms with E-state index in [2.05, 4.69) is 0 Å². The third-order valence-corrected chi connectivity index (χ3v) is 4.40. The molecule has 136 valence electrons. The summed E-state index contributed by atoms with van der Waals surface area (Å²) in [6.07, 6.45) is 0. The van der Waals surface area contributed by atoms with E-state index in [9.17, 15) is 10.2 Å². The van der Waals surface area contributed by atoms with Crippen LogP contribution in [0.5, 0.6) is 34.5 Å². The van der Waals surface area contributed by atoms with Gasteiger partial charge in [-0.2, -0.15) is 0 Å². The molecular weight excluding hydrogens is 324 g/mol. The Morgan fingerprint density at radius 2 is 0.840 bits per heavy atom. The fraction of sp³-hybridized carbons (Fsp3) is 0.368. The molecule has 0 aliphatic rings. The third kappa shape index (κ3) is 3.24. The molecule has 6 heteroatoms. The average Bonchev–Trinajstić information content (AvgIpc) is 2.61. The minimum Gasteiger partial charge on any atom is -0.502 e. The first-order valence-corrected chi connectivity index (χ1v) is 7.71. The summed E-state index contributed by atoms with van der Waals surface area (Å²) >= 11 is 0. The molecule has 0 unspecified atom stereocenters. The first kappa shape index (κ1) is 18.6. The molecule has 0 saturated carbocycles. The van der Waals surface area contributed by atoms with Gasteiger partial charge in [0.05, 0.1) is 28.4 Å². The zero-order valence-electron chi connectivity index (χ0n) is 15.3. The van der Waals surface area contributed by atoms with E-state index in [-0.39, 0.29) is 11.5 Å². The Bertz CT molecular complexity index is 653. The van der Waals surface area contributed by atoms with Gasteiger partial charge in [-0.05, 0) is 35.4 Å². The highest BCUT2D eigenvalue weighted by atomic mass is 16.5. The smallest absolute Gasteiger partial charge is 0.200 e. The number of methoxy groups -OCH3 is 4. The fourth-order valence-electron chi connectivity index (χ4n) is 2.68. The number of aromatic hydroxyl groups is 2. The minimum atomic E-state index is -0.511. The van der Waals surface area contributed by atoms with Crippen LogP contribution in [0.1, 0.15) is 25.0 Å². The zero-order chi connectivity index (χ0) is 18.8. The van der Waals surface area contributed by atoms with Crippen molar-refractivity contribution in [3.05, 3.63) is 35.4 Å². The zero-order valence-corrected chi connectivity index (χ0v) is 15.3. The van der Waals surface area contributed by atoms with Gasteiger partial charge < -0.3 is 29.2 Å². The van der Waals surface area contributed by atoms with Crippen molar-refractivity contribution in [1.82, 2.24) is 0 Å². The molecule has 0 heterocycles. The van der Waals surface area contributed by atoms with Crippen LogP contribution in [0.4, 0.5) is 0 Å². The molecular formula is C19H24O6.